The molecular weight excluding hydrogens is 214 g/mol. The number of carboxylic acid groups (broad SMARTS) is 1. The van der Waals surface area contributed by atoms with Crippen LogP contribution < -0.4 is 0 Å². The molecule has 0 spiro atoms. The minimum absolute atomic E-state index is 0.0184. The highest BCUT2D eigenvalue weighted by Crippen LogP contribution is 2.21. The van der Waals surface area contributed by atoms with Crippen LogP contribution in [0.2, 0.25) is 0 Å². The number of nitrogens with zero attached hydrogens (tertiary/aromatic N) is 3. The molecule has 0 aliphatic rings. The Kier molecular flexibility index (Phi) is 2.59. The molecule has 2 aromatic rings. The molecule has 2 rings (SSSR count). The minimum atomic E-state index is -0.842. The fourth-order valence-corrected chi connectivity index (χ4v) is 1.99. The zero-order valence-electron chi connectivity index (χ0n) is 8.04. The Labute approximate surface area is 90.1 Å². The van der Waals surface area contributed by atoms with E-state index in [4.69, 9.17) is 5.11 Å². The molecule has 0 unspecified atom stereocenters. The summed E-state index contributed by atoms with van der Waals surface area (Å²) >= 11 is 1.21. The van der Waals surface area contributed by atoms with Gasteiger partial charge in [-0.25, -0.2) is 4.98 Å². The Hall–Kier alpha value is -1.56. The normalized spacial score (nSPS) is 10.7. The van der Waals surface area contributed by atoms with Crippen molar-refractivity contribution in [1.82, 2.24) is 14.5 Å². The number of aryl methyl sites for hydroxylation is 1. The molecule has 1 N–H and O–H groups in total. The van der Waals surface area contributed by atoms with Gasteiger partial charge in [0.05, 0.1) is 17.5 Å². The van der Waals surface area contributed by atoms with Gasteiger partial charge in [0.1, 0.15) is 5.52 Å². The van der Waals surface area contributed by atoms with E-state index in [1.807, 2.05) is 17.7 Å². The molecule has 0 aliphatic carbocycles. The van der Waals surface area contributed by atoms with Gasteiger partial charge in [0.15, 0.2) is 5.16 Å². The van der Waals surface area contributed by atoms with Crippen molar-refractivity contribution in [1.29, 1.82) is 0 Å². The lowest BCUT2D eigenvalue weighted by atomic mass is 10.4. The van der Waals surface area contributed by atoms with Crippen molar-refractivity contribution in [3.63, 3.8) is 0 Å². The lowest BCUT2D eigenvalue weighted by molar-refractivity contribution is -0.133. The predicted octanol–water partition coefficient (Wildman–Crippen LogP) is 1.14. The summed E-state index contributed by atoms with van der Waals surface area (Å²) in [5, 5.41) is 9.27. The summed E-state index contributed by atoms with van der Waals surface area (Å²) in [6.07, 6.45) is 3.36. The van der Waals surface area contributed by atoms with Gasteiger partial charge >= 0.3 is 5.97 Å². The van der Waals surface area contributed by atoms with E-state index in [1.54, 1.807) is 12.4 Å². The summed E-state index contributed by atoms with van der Waals surface area (Å²) in [5.74, 6) is -0.824. The lowest BCUT2D eigenvalue weighted by Crippen LogP contribution is -2.00. The van der Waals surface area contributed by atoms with Gasteiger partial charge in [-0.3, -0.25) is 9.78 Å². The molecule has 0 amide bonds. The van der Waals surface area contributed by atoms with Crippen LogP contribution in [0.25, 0.3) is 11.0 Å². The first kappa shape index (κ1) is 9.97. The number of hydrogen-bond acceptors (Lipinski definition) is 4. The van der Waals surface area contributed by atoms with Gasteiger partial charge in [0.2, 0.25) is 0 Å². The molecule has 6 heteroatoms. The molecule has 0 radical (unpaired) electrons. The van der Waals surface area contributed by atoms with Crippen LogP contribution in [0.15, 0.2) is 23.6 Å². The van der Waals surface area contributed by atoms with Crippen molar-refractivity contribution < 1.29 is 9.90 Å². The van der Waals surface area contributed by atoms with Crippen LogP contribution in [0.1, 0.15) is 0 Å². The molecule has 15 heavy (non-hydrogen) atoms. The van der Waals surface area contributed by atoms with E-state index in [0.29, 0.717) is 5.16 Å². The number of carboxylic acids is 1. The number of imidazole rings is 1. The fraction of sp³-hybridized carbons (Fsp3) is 0.222. The van der Waals surface area contributed by atoms with Gasteiger partial charge in [-0.15, -0.1) is 0 Å². The number of aliphatic carboxylic acids is 1. The average molecular weight is 223 g/mol. The van der Waals surface area contributed by atoms with Crippen molar-refractivity contribution in [2.24, 2.45) is 7.05 Å². The first-order valence-electron chi connectivity index (χ1n) is 4.29. The second kappa shape index (κ2) is 3.90. The summed E-state index contributed by atoms with van der Waals surface area (Å²) in [6.45, 7) is 0. The number of aromatic nitrogens is 3. The standard InChI is InChI=1S/C9H9N3O2S/c1-12-7-2-3-10-4-6(7)11-9(12)15-5-8(13)14/h2-4H,5H2,1H3,(H,13,14). The monoisotopic (exact) mass is 223 g/mol. The van der Waals surface area contributed by atoms with E-state index < -0.39 is 5.97 Å². The third-order valence-electron chi connectivity index (χ3n) is 1.97. The third kappa shape index (κ3) is 1.94. The van der Waals surface area contributed by atoms with Crippen molar-refractivity contribution in [2.75, 3.05) is 5.75 Å². The van der Waals surface area contributed by atoms with Crippen molar-refractivity contribution >= 4 is 28.8 Å². The number of pyridine rings is 1. The average Bonchev–Trinajstić information content (AvgIpc) is 2.54. The van der Waals surface area contributed by atoms with E-state index in [-0.39, 0.29) is 5.75 Å². The smallest absolute Gasteiger partial charge is 0.313 e. The van der Waals surface area contributed by atoms with Crippen LogP contribution in [0, 0.1) is 0 Å². The summed E-state index contributed by atoms with van der Waals surface area (Å²) in [4.78, 5) is 18.7. The largest absolute Gasteiger partial charge is 0.481 e. The van der Waals surface area contributed by atoms with Crippen LogP contribution in [0.5, 0.6) is 0 Å². The second-order valence-electron chi connectivity index (χ2n) is 3.00. The maximum Gasteiger partial charge on any atom is 0.313 e. The number of thioether (sulfide) groups is 1. The highest BCUT2D eigenvalue weighted by molar-refractivity contribution is 7.99. The Bertz CT molecular complexity index is 509. The molecule has 0 bridgehead atoms. The van der Waals surface area contributed by atoms with Crippen molar-refractivity contribution in [3.05, 3.63) is 18.5 Å². The Morgan fingerprint density at radius 2 is 2.47 bits per heavy atom. The van der Waals surface area contributed by atoms with Crippen LogP contribution in [-0.4, -0.2) is 31.4 Å². The first-order valence-corrected chi connectivity index (χ1v) is 5.28. The van der Waals surface area contributed by atoms with Gasteiger partial charge in [-0.05, 0) is 6.07 Å². The van der Waals surface area contributed by atoms with E-state index in [9.17, 15) is 4.79 Å². The summed E-state index contributed by atoms with van der Waals surface area (Å²) in [6, 6.07) is 1.85. The van der Waals surface area contributed by atoms with Crippen LogP contribution in [-0.2, 0) is 11.8 Å². The molecule has 0 atom stereocenters. The van der Waals surface area contributed by atoms with Gasteiger partial charge < -0.3 is 9.67 Å². The van der Waals surface area contributed by atoms with Gasteiger partial charge in [0, 0.05) is 13.2 Å². The fourth-order valence-electron chi connectivity index (χ4n) is 1.29. The summed E-state index contributed by atoms with van der Waals surface area (Å²) in [5.41, 5.74) is 1.74. The zero-order valence-corrected chi connectivity index (χ0v) is 8.86. The summed E-state index contributed by atoms with van der Waals surface area (Å²) < 4.78 is 1.87. The quantitative estimate of drug-likeness (QED) is 0.790. The minimum Gasteiger partial charge on any atom is -0.481 e. The Balaban J connectivity index is 2.36. The SMILES string of the molecule is Cn1c(SCC(=O)O)nc2cnccc21. The van der Waals surface area contributed by atoms with E-state index in [1.165, 1.54) is 11.8 Å². The Morgan fingerprint density at radius 3 is 3.13 bits per heavy atom. The molecule has 0 fully saturated rings. The first-order chi connectivity index (χ1) is 7.18. The second-order valence-corrected chi connectivity index (χ2v) is 3.94. The number of hydrogen-bond donors (Lipinski definition) is 1. The molecule has 2 aromatic heterocycles. The summed E-state index contributed by atoms with van der Waals surface area (Å²) in [7, 11) is 1.86. The third-order valence-corrected chi connectivity index (χ3v) is 2.98. The van der Waals surface area contributed by atoms with Gasteiger partial charge in [0.25, 0.3) is 0 Å². The highest BCUT2D eigenvalue weighted by Gasteiger charge is 2.09. The van der Waals surface area contributed by atoms with Crippen LogP contribution >= 0.6 is 11.8 Å². The molecular formula is C9H9N3O2S. The van der Waals surface area contributed by atoms with E-state index >= 15 is 0 Å². The maximum absolute atomic E-state index is 10.4. The number of rotatable bonds is 3. The zero-order chi connectivity index (χ0) is 10.8. The number of carbonyl (C=O) groups is 1. The van der Waals surface area contributed by atoms with Crippen molar-refractivity contribution in [3.8, 4) is 0 Å². The molecule has 2 heterocycles. The van der Waals surface area contributed by atoms with Crippen molar-refractivity contribution in [2.45, 2.75) is 5.16 Å². The molecule has 0 saturated carbocycles. The van der Waals surface area contributed by atoms with Crippen LogP contribution in [0.4, 0.5) is 0 Å². The molecule has 0 aliphatic heterocycles. The predicted molar refractivity (Wildman–Crippen MR) is 56.9 cm³/mol. The Morgan fingerprint density at radius 1 is 1.67 bits per heavy atom. The topological polar surface area (TPSA) is 68.0 Å². The molecule has 78 valence electrons. The van der Waals surface area contributed by atoms with E-state index in [2.05, 4.69) is 9.97 Å². The van der Waals surface area contributed by atoms with Crippen LogP contribution in [0.3, 0.4) is 0 Å². The lowest BCUT2D eigenvalue weighted by Gasteiger charge is -1.98. The molecule has 0 saturated heterocycles. The van der Waals surface area contributed by atoms with Gasteiger partial charge in [-0.1, -0.05) is 11.8 Å². The number of fused-ring (bicyclic) bond motifs is 1. The maximum atomic E-state index is 10.4. The van der Waals surface area contributed by atoms with E-state index in [0.717, 1.165) is 11.0 Å². The van der Waals surface area contributed by atoms with Gasteiger partial charge in [-0.2, -0.15) is 0 Å². The molecule has 5 nitrogen and oxygen atoms in total. The molecule has 0 aromatic carbocycles. The highest BCUT2D eigenvalue weighted by atomic mass is 32.2.